The Bertz CT molecular complexity index is 473. The Hall–Kier alpha value is -1.40. The van der Waals surface area contributed by atoms with E-state index in [0.29, 0.717) is 5.16 Å². The zero-order chi connectivity index (χ0) is 12.1. The van der Waals surface area contributed by atoms with Crippen LogP contribution in [0.25, 0.3) is 0 Å². The van der Waals surface area contributed by atoms with Gasteiger partial charge in [0, 0.05) is 12.4 Å². The number of carbonyl (C=O) groups is 1. The predicted octanol–water partition coefficient (Wildman–Crippen LogP) is 2.54. The maximum atomic E-state index is 11.7. The van der Waals surface area contributed by atoms with E-state index in [1.807, 2.05) is 16.8 Å². The molecule has 0 fully saturated rings. The second-order valence-electron chi connectivity index (χ2n) is 3.11. The molecule has 0 aliphatic rings. The van der Waals surface area contributed by atoms with Gasteiger partial charge in [-0.05, 0) is 28.5 Å². The SMILES string of the molecule is COC(=O)[C@H](Sc1ncccn1)c1ccsc1. The number of thiophene rings is 1. The zero-order valence-electron chi connectivity index (χ0n) is 9.07. The summed E-state index contributed by atoms with van der Waals surface area (Å²) in [6, 6.07) is 3.64. The zero-order valence-corrected chi connectivity index (χ0v) is 10.7. The minimum Gasteiger partial charge on any atom is -0.468 e. The molecule has 0 aromatic carbocycles. The lowest BCUT2D eigenvalue weighted by atomic mass is 10.2. The highest BCUT2D eigenvalue weighted by atomic mass is 32.2. The highest BCUT2D eigenvalue weighted by Gasteiger charge is 2.24. The lowest BCUT2D eigenvalue weighted by Gasteiger charge is -2.11. The number of hydrogen-bond donors (Lipinski definition) is 0. The minimum atomic E-state index is -0.409. The van der Waals surface area contributed by atoms with Gasteiger partial charge in [-0.2, -0.15) is 11.3 Å². The van der Waals surface area contributed by atoms with E-state index < -0.39 is 5.25 Å². The van der Waals surface area contributed by atoms with Crippen molar-refractivity contribution in [3.8, 4) is 0 Å². The van der Waals surface area contributed by atoms with Crippen LogP contribution in [-0.4, -0.2) is 23.0 Å². The fourth-order valence-electron chi connectivity index (χ4n) is 1.24. The number of carbonyl (C=O) groups excluding carboxylic acids is 1. The van der Waals surface area contributed by atoms with Crippen LogP contribution in [0.1, 0.15) is 10.8 Å². The van der Waals surface area contributed by atoms with Crippen molar-refractivity contribution in [3.63, 3.8) is 0 Å². The molecule has 2 aromatic heterocycles. The number of thioether (sulfide) groups is 1. The number of ether oxygens (including phenoxy) is 1. The lowest BCUT2D eigenvalue weighted by molar-refractivity contribution is -0.140. The average Bonchev–Trinajstić information content (AvgIpc) is 2.90. The van der Waals surface area contributed by atoms with Crippen LogP contribution >= 0.6 is 23.1 Å². The summed E-state index contributed by atoms with van der Waals surface area (Å²) in [5, 5.41) is 4.01. The Morgan fingerprint density at radius 3 is 2.82 bits per heavy atom. The number of aromatic nitrogens is 2. The monoisotopic (exact) mass is 266 g/mol. The van der Waals surface area contributed by atoms with Gasteiger partial charge in [0.15, 0.2) is 5.16 Å². The van der Waals surface area contributed by atoms with Gasteiger partial charge >= 0.3 is 5.97 Å². The molecule has 0 saturated heterocycles. The van der Waals surface area contributed by atoms with Crippen LogP contribution in [0, 0.1) is 0 Å². The number of hydrogen-bond acceptors (Lipinski definition) is 6. The summed E-state index contributed by atoms with van der Waals surface area (Å²) in [7, 11) is 1.38. The molecule has 0 unspecified atom stereocenters. The van der Waals surface area contributed by atoms with E-state index in [0.717, 1.165) is 5.56 Å². The fourth-order valence-corrected chi connectivity index (χ4v) is 2.94. The van der Waals surface area contributed by atoms with Crippen LogP contribution in [-0.2, 0) is 9.53 Å². The number of esters is 1. The quantitative estimate of drug-likeness (QED) is 0.483. The Morgan fingerprint density at radius 2 is 2.24 bits per heavy atom. The summed E-state index contributed by atoms with van der Waals surface area (Å²) in [4.78, 5) is 19.9. The normalized spacial score (nSPS) is 12.1. The molecule has 0 N–H and O–H groups in total. The summed E-state index contributed by atoms with van der Waals surface area (Å²) in [5.41, 5.74) is 0.916. The van der Waals surface area contributed by atoms with Crippen molar-refractivity contribution in [3.05, 3.63) is 40.8 Å². The molecule has 0 radical (unpaired) electrons. The van der Waals surface area contributed by atoms with E-state index in [1.165, 1.54) is 18.9 Å². The van der Waals surface area contributed by atoms with Gasteiger partial charge in [0.25, 0.3) is 0 Å². The molecule has 0 bridgehead atoms. The lowest BCUT2D eigenvalue weighted by Crippen LogP contribution is -2.10. The second kappa shape index (κ2) is 5.79. The Balaban J connectivity index is 2.20. The Morgan fingerprint density at radius 1 is 1.47 bits per heavy atom. The topological polar surface area (TPSA) is 52.1 Å². The molecule has 2 heterocycles. The Kier molecular flexibility index (Phi) is 4.11. The first-order valence-electron chi connectivity index (χ1n) is 4.85. The molecule has 6 heteroatoms. The fraction of sp³-hybridized carbons (Fsp3) is 0.182. The third-order valence-corrected chi connectivity index (χ3v) is 3.85. The van der Waals surface area contributed by atoms with Gasteiger partial charge in [0.05, 0.1) is 7.11 Å². The van der Waals surface area contributed by atoms with Crippen molar-refractivity contribution < 1.29 is 9.53 Å². The maximum Gasteiger partial charge on any atom is 0.323 e. The third kappa shape index (κ3) is 3.04. The van der Waals surface area contributed by atoms with E-state index in [9.17, 15) is 4.79 Å². The van der Waals surface area contributed by atoms with Crippen LogP contribution in [0.3, 0.4) is 0 Å². The molecule has 0 spiro atoms. The maximum absolute atomic E-state index is 11.7. The average molecular weight is 266 g/mol. The molecule has 0 saturated carbocycles. The third-order valence-electron chi connectivity index (χ3n) is 2.03. The van der Waals surface area contributed by atoms with E-state index in [4.69, 9.17) is 4.74 Å². The van der Waals surface area contributed by atoms with Crippen molar-refractivity contribution in [1.82, 2.24) is 9.97 Å². The van der Waals surface area contributed by atoms with Gasteiger partial charge in [0.2, 0.25) is 0 Å². The van der Waals surface area contributed by atoms with Gasteiger partial charge in [-0.3, -0.25) is 4.79 Å². The number of rotatable bonds is 4. The van der Waals surface area contributed by atoms with Crippen LogP contribution in [0.4, 0.5) is 0 Å². The molecule has 0 aliphatic carbocycles. The van der Waals surface area contributed by atoms with Gasteiger partial charge in [-0.25, -0.2) is 9.97 Å². The van der Waals surface area contributed by atoms with Crippen LogP contribution in [0.5, 0.6) is 0 Å². The standard InChI is InChI=1S/C11H10N2O2S2/c1-15-10(14)9(8-3-6-16-7-8)17-11-12-4-2-5-13-11/h2-7,9H,1H3/t9-/m1/s1. The van der Waals surface area contributed by atoms with Crippen LogP contribution in [0.15, 0.2) is 40.4 Å². The number of methoxy groups -OCH3 is 1. The molecule has 2 aromatic rings. The highest BCUT2D eigenvalue weighted by molar-refractivity contribution is 8.00. The largest absolute Gasteiger partial charge is 0.468 e. The first kappa shape index (κ1) is 12.1. The highest BCUT2D eigenvalue weighted by Crippen LogP contribution is 2.34. The molecule has 88 valence electrons. The van der Waals surface area contributed by atoms with Crippen molar-refractivity contribution in [2.24, 2.45) is 0 Å². The summed E-state index contributed by atoms with van der Waals surface area (Å²) in [5.74, 6) is -0.291. The van der Waals surface area contributed by atoms with Crippen molar-refractivity contribution >= 4 is 29.1 Å². The molecule has 4 nitrogen and oxygen atoms in total. The first-order valence-corrected chi connectivity index (χ1v) is 6.67. The van der Waals surface area contributed by atoms with Crippen molar-refractivity contribution in [2.45, 2.75) is 10.4 Å². The van der Waals surface area contributed by atoms with Crippen molar-refractivity contribution in [2.75, 3.05) is 7.11 Å². The van der Waals surface area contributed by atoms with Gasteiger partial charge in [-0.15, -0.1) is 0 Å². The molecule has 0 amide bonds. The van der Waals surface area contributed by atoms with Crippen LogP contribution < -0.4 is 0 Å². The predicted molar refractivity (Wildman–Crippen MR) is 67.0 cm³/mol. The van der Waals surface area contributed by atoms with Gasteiger partial charge < -0.3 is 4.74 Å². The smallest absolute Gasteiger partial charge is 0.323 e. The van der Waals surface area contributed by atoms with Gasteiger partial charge in [-0.1, -0.05) is 11.8 Å². The molecular formula is C11H10N2O2S2. The van der Waals surface area contributed by atoms with E-state index in [1.54, 1.807) is 29.8 Å². The summed E-state index contributed by atoms with van der Waals surface area (Å²) in [6.07, 6.45) is 3.30. The van der Waals surface area contributed by atoms with Gasteiger partial charge in [0.1, 0.15) is 5.25 Å². The molecule has 17 heavy (non-hydrogen) atoms. The molecule has 0 aliphatic heterocycles. The van der Waals surface area contributed by atoms with Crippen molar-refractivity contribution in [1.29, 1.82) is 0 Å². The van der Waals surface area contributed by atoms with Crippen LogP contribution in [0.2, 0.25) is 0 Å². The Labute approximate surface area is 107 Å². The first-order chi connectivity index (χ1) is 8.31. The second-order valence-corrected chi connectivity index (χ2v) is 4.96. The molecular weight excluding hydrogens is 256 g/mol. The van der Waals surface area contributed by atoms with E-state index in [-0.39, 0.29) is 5.97 Å². The minimum absolute atomic E-state index is 0.291. The molecule has 1 atom stereocenters. The molecule has 2 rings (SSSR count). The summed E-state index contributed by atoms with van der Waals surface area (Å²) < 4.78 is 4.80. The summed E-state index contributed by atoms with van der Waals surface area (Å²) >= 11 is 2.83. The summed E-state index contributed by atoms with van der Waals surface area (Å²) in [6.45, 7) is 0. The number of nitrogens with zero attached hydrogens (tertiary/aromatic N) is 2. The van der Waals surface area contributed by atoms with E-state index in [2.05, 4.69) is 9.97 Å². The van der Waals surface area contributed by atoms with E-state index >= 15 is 0 Å².